The highest BCUT2D eigenvalue weighted by molar-refractivity contribution is 5.92. The topological polar surface area (TPSA) is 88.5 Å². The second-order valence-electron chi connectivity index (χ2n) is 9.46. The van der Waals surface area contributed by atoms with Gasteiger partial charge in [0.15, 0.2) is 5.66 Å². The van der Waals surface area contributed by atoms with Crippen LogP contribution in [0.4, 0.5) is 0 Å². The number of H-pyrrole nitrogens is 1. The number of aliphatic imine (C=N–C) groups is 2. The lowest BCUT2D eigenvalue weighted by atomic mass is 9.55. The molecule has 4 heterocycles. The molecule has 8 nitrogen and oxygen atoms in total. The Morgan fingerprint density at radius 1 is 1.32 bits per heavy atom. The molecule has 3 aliphatic rings. The van der Waals surface area contributed by atoms with E-state index in [-0.39, 0.29) is 6.10 Å². The summed E-state index contributed by atoms with van der Waals surface area (Å²) in [5.74, 6) is 0.282. The lowest BCUT2D eigenvalue weighted by Crippen LogP contribution is -2.71. The van der Waals surface area contributed by atoms with E-state index in [0.717, 1.165) is 35.3 Å². The Labute approximate surface area is 199 Å². The molecule has 0 bridgehead atoms. The Kier molecular flexibility index (Phi) is 4.98. The highest BCUT2D eigenvalue weighted by atomic mass is 16.5. The van der Waals surface area contributed by atoms with Crippen molar-refractivity contribution >= 4 is 30.3 Å². The SMILES string of the molecule is C=C[C@@H]1OC=C(C(=O)OC)[C@@]2(N=C)C[C@@]3(N=C)c4[nH]c5cc(OC)ccc5c4CCN3C[C@]12C. The Bertz CT molecular complexity index is 1250. The molecule has 3 aliphatic heterocycles. The van der Waals surface area contributed by atoms with Crippen molar-refractivity contribution < 1.29 is 19.0 Å². The van der Waals surface area contributed by atoms with E-state index in [1.165, 1.54) is 18.9 Å². The molecule has 0 radical (unpaired) electrons. The number of hydrogen-bond donors (Lipinski definition) is 1. The van der Waals surface area contributed by atoms with Gasteiger partial charge >= 0.3 is 5.97 Å². The minimum atomic E-state index is -1.03. The van der Waals surface area contributed by atoms with Crippen molar-refractivity contribution in [3.8, 4) is 5.75 Å². The lowest BCUT2D eigenvalue weighted by Gasteiger charge is -2.62. The molecule has 4 atom stereocenters. The van der Waals surface area contributed by atoms with Crippen LogP contribution in [0.25, 0.3) is 10.9 Å². The van der Waals surface area contributed by atoms with Crippen LogP contribution in [0.3, 0.4) is 0 Å². The largest absolute Gasteiger partial charge is 0.497 e. The average molecular weight is 463 g/mol. The molecule has 1 saturated heterocycles. The molecule has 5 rings (SSSR count). The van der Waals surface area contributed by atoms with E-state index in [4.69, 9.17) is 19.2 Å². The summed E-state index contributed by atoms with van der Waals surface area (Å²) in [7, 11) is 3.01. The number of aromatic amines is 1. The second kappa shape index (κ2) is 7.56. The number of carbonyl (C=O) groups is 1. The monoisotopic (exact) mass is 462 g/mol. The van der Waals surface area contributed by atoms with Gasteiger partial charge in [0.2, 0.25) is 0 Å². The van der Waals surface area contributed by atoms with Gasteiger partial charge in [0, 0.05) is 36.5 Å². The Hall–Kier alpha value is -3.39. The fourth-order valence-corrected chi connectivity index (χ4v) is 6.37. The third-order valence-corrected chi connectivity index (χ3v) is 8.19. The maximum atomic E-state index is 13.0. The summed E-state index contributed by atoms with van der Waals surface area (Å²) >= 11 is 0. The van der Waals surface area contributed by atoms with Crippen molar-refractivity contribution in [2.45, 2.75) is 37.1 Å². The van der Waals surface area contributed by atoms with Gasteiger partial charge in [0.1, 0.15) is 17.4 Å². The van der Waals surface area contributed by atoms with Gasteiger partial charge in [-0.15, -0.1) is 0 Å². The van der Waals surface area contributed by atoms with E-state index in [0.29, 0.717) is 18.5 Å². The summed E-state index contributed by atoms with van der Waals surface area (Å²) in [5, 5.41) is 1.13. The zero-order valence-electron chi connectivity index (χ0n) is 19.9. The summed E-state index contributed by atoms with van der Waals surface area (Å²) in [6.45, 7) is 15.4. The molecule has 1 N–H and O–H groups in total. The van der Waals surface area contributed by atoms with Crippen LogP contribution in [0.2, 0.25) is 0 Å². The minimum Gasteiger partial charge on any atom is -0.497 e. The number of nitrogens with zero attached hydrogens (tertiary/aromatic N) is 3. The molecule has 0 saturated carbocycles. The molecule has 0 spiro atoms. The molecular formula is C26H30N4O4. The highest BCUT2D eigenvalue weighted by Crippen LogP contribution is 2.60. The third-order valence-electron chi connectivity index (χ3n) is 8.19. The van der Waals surface area contributed by atoms with E-state index in [2.05, 4.69) is 47.9 Å². The number of ether oxygens (including phenoxy) is 3. The van der Waals surface area contributed by atoms with Crippen LogP contribution in [0.5, 0.6) is 5.75 Å². The van der Waals surface area contributed by atoms with Crippen LogP contribution < -0.4 is 4.74 Å². The fraction of sp³-hybridized carbons (Fsp3) is 0.423. The molecular weight excluding hydrogens is 432 g/mol. The molecule has 0 aliphatic carbocycles. The molecule has 1 fully saturated rings. The first-order valence-corrected chi connectivity index (χ1v) is 11.3. The van der Waals surface area contributed by atoms with Crippen molar-refractivity contribution in [1.82, 2.24) is 9.88 Å². The van der Waals surface area contributed by atoms with Gasteiger partial charge < -0.3 is 19.2 Å². The maximum absolute atomic E-state index is 13.0. The second-order valence-corrected chi connectivity index (χ2v) is 9.46. The Balaban J connectivity index is 1.75. The number of esters is 1. The first kappa shape index (κ1) is 22.4. The first-order valence-electron chi connectivity index (χ1n) is 11.3. The van der Waals surface area contributed by atoms with Gasteiger partial charge in [-0.3, -0.25) is 14.9 Å². The number of piperidine rings is 1. The number of rotatable bonds is 5. The van der Waals surface area contributed by atoms with Crippen LogP contribution in [0.1, 0.15) is 24.6 Å². The number of carbonyl (C=O) groups excluding carboxylic acids is 1. The van der Waals surface area contributed by atoms with Gasteiger partial charge in [-0.25, -0.2) is 4.79 Å². The van der Waals surface area contributed by atoms with Gasteiger partial charge in [0.25, 0.3) is 0 Å². The van der Waals surface area contributed by atoms with Gasteiger partial charge in [-0.2, -0.15) is 0 Å². The van der Waals surface area contributed by atoms with Crippen LogP contribution >= 0.6 is 0 Å². The van der Waals surface area contributed by atoms with E-state index in [9.17, 15) is 4.79 Å². The summed E-state index contributed by atoms with van der Waals surface area (Å²) in [4.78, 5) is 28.3. The quantitative estimate of drug-likeness (QED) is 0.418. The summed E-state index contributed by atoms with van der Waals surface area (Å²) < 4.78 is 16.6. The van der Waals surface area contributed by atoms with Crippen molar-refractivity contribution in [2.75, 3.05) is 27.3 Å². The number of aromatic nitrogens is 1. The van der Waals surface area contributed by atoms with Crippen LogP contribution in [0, 0.1) is 5.41 Å². The van der Waals surface area contributed by atoms with Crippen LogP contribution in [-0.4, -0.2) is 68.2 Å². The lowest BCUT2D eigenvalue weighted by molar-refractivity contribution is -0.148. The van der Waals surface area contributed by atoms with Crippen LogP contribution in [0.15, 0.2) is 52.7 Å². The number of benzene rings is 1. The molecule has 1 aromatic heterocycles. The van der Waals surface area contributed by atoms with Gasteiger partial charge in [-0.1, -0.05) is 19.6 Å². The predicted molar refractivity (Wildman–Crippen MR) is 132 cm³/mol. The maximum Gasteiger partial charge on any atom is 0.339 e. The molecule has 34 heavy (non-hydrogen) atoms. The van der Waals surface area contributed by atoms with E-state index in [1.807, 2.05) is 12.1 Å². The summed E-state index contributed by atoms with van der Waals surface area (Å²) in [6.07, 6.45) is 4.06. The zero-order chi connectivity index (χ0) is 24.3. The average Bonchev–Trinajstić information content (AvgIpc) is 3.24. The smallest absolute Gasteiger partial charge is 0.339 e. The molecule has 1 aromatic carbocycles. The number of methoxy groups -OCH3 is 2. The molecule has 0 unspecified atom stereocenters. The Morgan fingerprint density at radius 2 is 2.12 bits per heavy atom. The highest BCUT2D eigenvalue weighted by Gasteiger charge is 2.68. The number of hydrogen-bond acceptors (Lipinski definition) is 7. The minimum absolute atomic E-state index is 0.332. The number of nitrogens with one attached hydrogen (secondary N) is 1. The number of fused-ring (bicyclic) bond motifs is 6. The van der Waals surface area contributed by atoms with E-state index < -0.39 is 22.6 Å². The standard InChI is InChI=1S/C26H30N4O4/c1-7-21-24(2)15-30-11-10-18-17-9-8-16(32-5)12-20(17)29-22(18)26(30,28-4)14-25(24,27-3)19(13-34-21)23(31)33-6/h7-9,12-13,21,29H,1,3-4,10-11,14-15H2,2,5-6H3/t21-,24+,25-,26-/m0/s1. The molecule has 2 aromatic rings. The van der Waals surface area contributed by atoms with E-state index >= 15 is 0 Å². The van der Waals surface area contributed by atoms with Crippen molar-refractivity contribution in [1.29, 1.82) is 0 Å². The van der Waals surface area contributed by atoms with Gasteiger partial charge in [-0.05, 0) is 37.6 Å². The van der Waals surface area contributed by atoms with E-state index in [1.54, 1.807) is 13.2 Å². The van der Waals surface area contributed by atoms with Crippen molar-refractivity contribution in [3.05, 3.63) is 53.9 Å². The summed E-state index contributed by atoms with van der Waals surface area (Å²) in [5.41, 5.74) is 0.972. The van der Waals surface area contributed by atoms with Crippen LogP contribution in [-0.2, 0) is 26.4 Å². The van der Waals surface area contributed by atoms with Crippen molar-refractivity contribution in [2.24, 2.45) is 15.4 Å². The fourth-order valence-electron chi connectivity index (χ4n) is 6.37. The zero-order valence-corrected chi connectivity index (χ0v) is 19.9. The molecule has 178 valence electrons. The molecule has 8 heteroatoms. The third kappa shape index (κ3) is 2.60. The normalized spacial score (nSPS) is 32.3. The first-order chi connectivity index (χ1) is 16.3. The molecule has 0 amide bonds. The Morgan fingerprint density at radius 3 is 2.76 bits per heavy atom. The predicted octanol–water partition coefficient (Wildman–Crippen LogP) is 3.38. The van der Waals surface area contributed by atoms with Gasteiger partial charge in [0.05, 0.1) is 37.2 Å². The van der Waals surface area contributed by atoms with Crippen molar-refractivity contribution in [3.63, 3.8) is 0 Å². The summed E-state index contributed by atoms with van der Waals surface area (Å²) in [6, 6.07) is 6.03.